The van der Waals surface area contributed by atoms with Gasteiger partial charge >= 0.3 is 0 Å². The Kier molecular flexibility index (Phi) is 4.18. The molecule has 2 aromatic rings. The van der Waals surface area contributed by atoms with Crippen LogP contribution in [0.15, 0.2) is 36.7 Å². The van der Waals surface area contributed by atoms with Gasteiger partial charge in [0.25, 0.3) is 0 Å². The van der Waals surface area contributed by atoms with E-state index in [4.69, 9.17) is 11.6 Å². The average Bonchev–Trinajstić information content (AvgIpc) is 2.82. The van der Waals surface area contributed by atoms with Crippen LogP contribution in [0.4, 0.5) is 0 Å². The zero-order valence-electron chi connectivity index (χ0n) is 9.86. The van der Waals surface area contributed by atoms with E-state index in [2.05, 4.69) is 16.5 Å². The predicted molar refractivity (Wildman–Crippen MR) is 70.1 cm³/mol. The van der Waals surface area contributed by atoms with E-state index >= 15 is 0 Å². The maximum Gasteiger partial charge on any atom is 0.0534 e. The van der Waals surface area contributed by atoms with Crippen LogP contribution in [0.3, 0.4) is 0 Å². The quantitative estimate of drug-likeness (QED) is 0.826. The lowest BCUT2D eigenvalue weighted by molar-refractivity contribution is 0.555. The molecule has 0 aliphatic heterocycles. The molecular formula is C13H16ClN3. The summed E-state index contributed by atoms with van der Waals surface area (Å²) in [5.74, 6) is 0. The summed E-state index contributed by atoms with van der Waals surface area (Å²) in [4.78, 5) is 0. The van der Waals surface area contributed by atoms with E-state index in [-0.39, 0.29) is 0 Å². The number of aryl methyl sites for hydroxylation is 1. The monoisotopic (exact) mass is 249 g/mol. The predicted octanol–water partition coefficient (Wildman–Crippen LogP) is 2.63. The fourth-order valence-corrected chi connectivity index (χ4v) is 1.81. The van der Waals surface area contributed by atoms with Gasteiger partial charge in [-0.2, -0.15) is 5.10 Å². The van der Waals surface area contributed by atoms with E-state index in [1.54, 1.807) is 6.20 Å². The van der Waals surface area contributed by atoms with Crippen LogP contribution in [-0.4, -0.2) is 16.3 Å². The van der Waals surface area contributed by atoms with Crippen LogP contribution < -0.4 is 5.32 Å². The second-order valence-electron chi connectivity index (χ2n) is 4.03. The summed E-state index contributed by atoms with van der Waals surface area (Å²) >= 11 is 6.07. The molecule has 0 amide bonds. The lowest BCUT2D eigenvalue weighted by atomic mass is 10.1. The minimum Gasteiger partial charge on any atom is -0.311 e. The van der Waals surface area contributed by atoms with E-state index < -0.39 is 0 Å². The van der Waals surface area contributed by atoms with Gasteiger partial charge in [-0.05, 0) is 30.2 Å². The molecule has 0 saturated heterocycles. The summed E-state index contributed by atoms with van der Waals surface area (Å²) < 4.78 is 1.91. The van der Waals surface area contributed by atoms with Crippen molar-refractivity contribution >= 4 is 11.6 Å². The van der Waals surface area contributed by atoms with Gasteiger partial charge in [0, 0.05) is 30.5 Å². The minimum atomic E-state index is 0.830. The highest BCUT2D eigenvalue weighted by molar-refractivity contribution is 6.31. The molecular weight excluding hydrogens is 234 g/mol. The minimum absolute atomic E-state index is 0.830. The zero-order chi connectivity index (χ0) is 12.1. The van der Waals surface area contributed by atoms with Crippen molar-refractivity contribution in [2.45, 2.75) is 20.0 Å². The standard InChI is InChI=1S/C13H16ClN3/c1-11-3-4-12(9-13(11)14)10-15-6-8-17-7-2-5-16-17/h2-5,7,9,15H,6,8,10H2,1H3. The van der Waals surface area contributed by atoms with Gasteiger partial charge in [-0.1, -0.05) is 23.7 Å². The Morgan fingerprint density at radius 3 is 3.00 bits per heavy atom. The highest BCUT2D eigenvalue weighted by Gasteiger charge is 1.97. The second-order valence-corrected chi connectivity index (χ2v) is 4.44. The van der Waals surface area contributed by atoms with Gasteiger partial charge < -0.3 is 5.32 Å². The van der Waals surface area contributed by atoms with E-state index in [0.29, 0.717) is 0 Å². The van der Waals surface area contributed by atoms with Crippen LogP contribution in [-0.2, 0) is 13.1 Å². The van der Waals surface area contributed by atoms with Gasteiger partial charge in [-0.3, -0.25) is 4.68 Å². The summed E-state index contributed by atoms with van der Waals surface area (Å²) in [5.41, 5.74) is 2.33. The molecule has 3 nitrogen and oxygen atoms in total. The molecule has 1 aromatic carbocycles. The third-order valence-electron chi connectivity index (χ3n) is 2.64. The molecule has 1 N–H and O–H groups in total. The van der Waals surface area contributed by atoms with Crippen LogP contribution in [0.25, 0.3) is 0 Å². The number of hydrogen-bond acceptors (Lipinski definition) is 2. The van der Waals surface area contributed by atoms with Crippen molar-refractivity contribution in [3.8, 4) is 0 Å². The number of nitrogens with zero attached hydrogens (tertiary/aromatic N) is 2. The molecule has 0 saturated carbocycles. The van der Waals surface area contributed by atoms with Crippen LogP contribution in [0.2, 0.25) is 5.02 Å². The largest absolute Gasteiger partial charge is 0.311 e. The van der Waals surface area contributed by atoms with Crippen molar-refractivity contribution in [2.75, 3.05) is 6.54 Å². The maximum atomic E-state index is 6.07. The molecule has 17 heavy (non-hydrogen) atoms. The Hall–Kier alpha value is -1.32. The van der Waals surface area contributed by atoms with Gasteiger partial charge in [0.15, 0.2) is 0 Å². The molecule has 1 aromatic heterocycles. The third-order valence-corrected chi connectivity index (χ3v) is 3.05. The topological polar surface area (TPSA) is 29.9 Å². The van der Waals surface area contributed by atoms with Gasteiger partial charge in [0.05, 0.1) is 6.54 Å². The van der Waals surface area contributed by atoms with Crippen molar-refractivity contribution in [2.24, 2.45) is 0 Å². The van der Waals surface area contributed by atoms with Gasteiger partial charge in [0.1, 0.15) is 0 Å². The Bertz CT molecular complexity index is 466. The molecule has 0 aliphatic carbocycles. The van der Waals surface area contributed by atoms with E-state index in [1.165, 1.54) is 5.56 Å². The fourth-order valence-electron chi connectivity index (χ4n) is 1.61. The Morgan fingerprint density at radius 1 is 1.41 bits per heavy atom. The van der Waals surface area contributed by atoms with Gasteiger partial charge in [0.2, 0.25) is 0 Å². The highest BCUT2D eigenvalue weighted by atomic mass is 35.5. The van der Waals surface area contributed by atoms with Crippen molar-refractivity contribution in [1.82, 2.24) is 15.1 Å². The number of halogens is 1. The lowest BCUT2D eigenvalue weighted by Gasteiger charge is -2.06. The molecule has 0 atom stereocenters. The maximum absolute atomic E-state index is 6.07. The highest BCUT2D eigenvalue weighted by Crippen LogP contribution is 2.16. The Morgan fingerprint density at radius 2 is 2.29 bits per heavy atom. The third kappa shape index (κ3) is 3.58. The molecule has 0 bridgehead atoms. The summed E-state index contributed by atoms with van der Waals surface area (Å²) in [6.07, 6.45) is 3.75. The first-order valence-corrected chi connectivity index (χ1v) is 6.06. The van der Waals surface area contributed by atoms with Crippen molar-refractivity contribution in [1.29, 1.82) is 0 Å². The molecule has 90 valence electrons. The van der Waals surface area contributed by atoms with E-state index in [1.807, 2.05) is 36.0 Å². The molecule has 0 radical (unpaired) electrons. The molecule has 0 unspecified atom stereocenters. The number of nitrogens with one attached hydrogen (secondary N) is 1. The Labute approximate surface area is 106 Å². The first-order valence-electron chi connectivity index (χ1n) is 5.69. The summed E-state index contributed by atoms with van der Waals surface area (Å²) in [5, 5.41) is 8.34. The summed E-state index contributed by atoms with van der Waals surface area (Å²) in [6, 6.07) is 8.09. The molecule has 0 fully saturated rings. The smallest absolute Gasteiger partial charge is 0.0534 e. The first kappa shape index (κ1) is 12.1. The van der Waals surface area contributed by atoms with Gasteiger partial charge in [-0.15, -0.1) is 0 Å². The fraction of sp³-hybridized carbons (Fsp3) is 0.308. The Balaban J connectivity index is 1.76. The van der Waals surface area contributed by atoms with Crippen LogP contribution in [0.1, 0.15) is 11.1 Å². The number of hydrogen-bond donors (Lipinski definition) is 1. The summed E-state index contributed by atoms with van der Waals surface area (Å²) in [7, 11) is 0. The lowest BCUT2D eigenvalue weighted by Crippen LogP contribution is -2.19. The van der Waals surface area contributed by atoms with Crippen LogP contribution in [0, 0.1) is 6.92 Å². The van der Waals surface area contributed by atoms with Crippen molar-refractivity contribution in [3.63, 3.8) is 0 Å². The number of benzene rings is 1. The SMILES string of the molecule is Cc1ccc(CNCCn2cccn2)cc1Cl. The second kappa shape index (κ2) is 5.84. The molecule has 0 aliphatic rings. The van der Waals surface area contributed by atoms with Crippen molar-refractivity contribution in [3.05, 3.63) is 52.8 Å². The van der Waals surface area contributed by atoms with Crippen LogP contribution in [0.5, 0.6) is 0 Å². The zero-order valence-corrected chi connectivity index (χ0v) is 10.6. The molecule has 1 heterocycles. The van der Waals surface area contributed by atoms with E-state index in [0.717, 1.165) is 30.2 Å². The average molecular weight is 250 g/mol. The van der Waals surface area contributed by atoms with Crippen molar-refractivity contribution < 1.29 is 0 Å². The van der Waals surface area contributed by atoms with Gasteiger partial charge in [-0.25, -0.2) is 0 Å². The summed E-state index contributed by atoms with van der Waals surface area (Å²) in [6.45, 7) is 4.62. The van der Waals surface area contributed by atoms with Crippen LogP contribution >= 0.6 is 11.6 Å². The molecule has 2 rings (SSSR count). The van der Waals surface area contributed by atoms with E-state index in [9.17, 15) is 0 Å². The number of aromatic nitrogens is 2. The normalized spacial score (nSPS) is 10.7. The number of rotatable bonds is 5. The molecule has 4 heteroatoms. The first-order chi connectivity index (χ1) is 8.25. The molecule has 0 spiro atoms.